The van der Waals surface area contributed by atoms with Crippen LogP contribution in [-0.2, 0) is 6.42 Å². The normalized spacial score (nSPS) is 19.5. The van der Waals surface area contributed by atoms with E-state index in [4.69, 9.17) is 16.6 Å². The molecule has 0 bridgehead atoms. The molecule has 1 N–H and O–H groups in total. The van der Waals surface area contributed by atoms with Crippen LogP contribution in [-0.4, -0.2) is 73.8 Å². The number of nitrogens with zero attached hydrogens (tertiary/aromatic N) is 5. The Morgan fingerprint density at radius 2 is 1.67 bits per heavy atom. The van der Waals surface area contributed by atoms with E-state index >= 15 is 0 Å². The van der Waals surface area contributed by atoms with E-state index < -0.39 is 0 Å². The summed E-state index contributed by atoms with van der Waals surface area (Å²) in [6, 6.07) is 8.61. The molecule has 4 heterocycles. The summed E-state index contributed by atoms with van der Waals surface area (Å²) in [5.74, 6) is 1.77. The molecule has 0 saturated carbocycles. The first-order chi connectivity index (χ1) is 14.8. The quantitative estimate of drug-likeness (QED) is 0.716. The van der Waals surface area contributed by atoms with Crippen molar-refractivity contribution in [1.29, 1.82) is 0 Å². The van der Waals surface area contributed by atoms with E-state index in [1.54, 1.807) is 0 Å². The Morgan fingerprint density at radius 3 is 2.43 bits per heavy atom. The Hall–Kier alpha value is -1.89. The molecule has 2 saturated heterocycles. The van der Waals surface area contributed by atoms with Crippen molar-refractivity contribution < 1.29 is 0 Å². The fourth-order valence-electron chi connectivity index (χ4n) is 4.86. The van der Waals surface area contributed by atoms with E-state index in [1.807, 2.05) is 0 Å². The van der Waals surface area contributed by atoms with Crippen LogP contribution in [0.4, 0.5) is 11.5 Å². The third kappa shape index (κ3) is 4.27. The molecule has 5 rings (SSSR count). The van der Waals surface area contributed by atoms with Gasteiger partial charge in [-0.25, -0.2) is 9.97 Å². The molecular formula is C23H31ClN6. The highest BCUT2D eigenvalue weighted by Gasteiger charge is 2.25. The first kappa shape index (κ1) is 20.0. The van der Waals surface area contributed by atoms with Crippen molar-refractivity contribution in [2.45, 2.75) is 25.7 Å². The molecule has 30 heavy (non-hydrogen) atoms. The summed E-state index contributed by atoms with van der Waals surface area (Å²) >= 11 is 6.58. The smallest absolute Gasteiger partial charge is 0.163 e. The maximum absolute atomic E-state index is 6.58. The number of nitrogens with one attached hydrogen (secondary N) is 1. The lowest BCUT2D eigenvalue weighted by Gasteiger charge is -2.29. The number of rotatable bonds is 6. The minimum Gasteiger partial charge on any atom is -0.369 e. The van der Waals surface area contributed by atoms with Gasteiger partial charge in [0.05, 0.1) is 0 Å². The average molecular weight is 427 g/mol. The fourth-order valence-corrected chi connectivity index (χ4v) is 5.12. The van der Waals surface area contributed by atoms with Gasteiger partial charge >= 0.3 is 0 Å². The van der Waals surface area contributed by atoms with Gasteiger partial charge < -0.3 is 20.0 Å². The van der Waals surface area contributed by atoms with E-state index in [-0.39, 0.29) is 0 Å². The molecule has 0 aliphatic carbocycles. The zero-order chi connectivity index (χ0) is 20.3. The lowest BCUT2D eigenvalue weighted by molar-refractivity contribution is 0.335. The van der Waals surface area contributed by atoms with Gasteiger partial charge in [-0.1, -0.05) is 11.6 Å². The van der Waals surface area contributed by atoms with Gasteiger partial charge in [-0.05, 0) is 69.6 Å². The Bertz CT molecular complexity index is 859. The van der Waals surface area contributed by atoms with Gasteiger partial charge in [-0.15, -0.1) is 0 Å². The number of anilines is 2. The number of fused-ring (bicyclic) bond motifs is 1. The molecule has 6 nitrogen and oxygen atoms in total. The SMILES string of the molecule is Clc1nc(-c2ccc(N3CCNCC3)cc2)nc2c1CCN2CCCN1CCCC1. The van der Waals surface area contributed by atoms with Crippen LogP contribution in [0.1, 0.15) is 24.8 Å². The van der Waals surface area contributed by atoms with E-state index in [9.17, 15) is 0 Å². The van der Waals surface area contributed by atoms with Crippen LogP contribution < -0.4 is 15.1 Å². The van der Waals surface area contributed by atoms with Gasteiger partial charge in [-0.2, -0.15) is 0 Å². The van der Waals surface area contributed by atoms with Crippen LogP contribution in [0.25, 0.3) is 11.4 Å². The zero-order valence-corrected chi connectivity index (χ0v) is 18.4. The second-order valence-corrected chi connectivity index (χ2v) is 8.92. The fraction of sp³-hybridized carbons (Fsp3) is 0.565. The van der Waals surface area contributed by atoms with Crippen LogP contribution in [0.3, 0.4) is 0 Å². The topological polar surface area (TPSA) is 47.5 Å². The van der Waals surface area contributed by atoms with Crippen LogP contribution in [0.2, 0.25) is 5.15 Å². The summed E-state index contributed by atoms with van der Waals surface area (Å²) in [5, 5.41) is 4.02. The standard InChI is InChI=1S/C23H31ClN6/c24-21-20-8-15-30(14-3-13-28-11-1-2-12-28)23(20)27-22(26-21)18-4-6-19(7-5-18)29-16-9-25-10-17-29/h4-7,25H,1-3,8-17H2. The number of hydrogen-bond donors (Lipinski definition) is 1. The van der Waals surface area contributed by atoms with E-state index in [0.717, 1.165) is 68.5 Å². The summed E-state index contributed by atoms with van der Waals surface area (Å²) < 4.78 is 0. The number of aromatic nitrogens is 2. The molecule has 2 fully saturated rings. The van der Waals surface area contributed by atoms with Gasteiger partial charge in [-0.3, -0.25) is 0 Å². The molecule has 0 unspecified atom stereocenters. The highest BCUT2D eigenvalue weighted by molar-refractivity contribution is 6.30. The molecule has 2 aromatic rings. The summed E-state index contributed by atoms with van der Waals surface area (Å²) in [6.45, 7) is 9.92. The van der Waals surface area contributed by atoms with Crippen molar-refractivity contribution in [3.05, 3.63) is 35.0 Å². The van der Waals surface area contributed by atoms with Crippen molar-refractivity contribution in [1.82, 2.24) is 20.2 Å². The predicted molar refractivity (Wildman–Crippen MR) is 124 cm³/mol. The Labute approximate surface area is 184 Å². The van der Waals surface area contributed by atoms with Crippen molar-refractivity contribution in [3.8, 4) is 11.4 Å². The van der Waals surface area contributed by atoms with Crippen molar-refractivity contribution in [2.75, 3.05) is 68.7 Å². The molecule has 3 aliphatic heterocycles. The summed E-state index contributed by atoms with van der Waals surface area (Å²) in [7, 11) is 0. The second kappa shape index (κ2) is 9.08. The van der Waals surface area contributed by atoms with Crippen LogP contribution >= 0.6 is 11.6 Å². The van der Waals surface area contributed by atoms with Gasteiger partial charge in [0.25, 0.3) is 0 Å². The monoisotopic (exact) mass is 426 g/mol. The number of halogens is 1. The largest absolute Gasteiger partial charge is 0.369 e. The van der Waals surface area contributed by atoms with Crippen molar-refractivity contribution in [2.24, 2.45) is 0 Å². The molecule has 0 radical (unpaired) electrons. The van der Waals surface area contributed by atoms with E-state index in [2.05, 4.69) is 49.3 Å². The van der Waals surface area contributed by atoms with Crippen molar-refractivity contribution >= 4 is 23.1 Å². The third-order valence-corrected chi connectivity index (χ3v) is 6.89. The van der Waals surface area contributed by atoms with E-state index in [0.29, 0.717) is 5.15 Å². The van der Waals surface area contributed by atoms with Gasteiger partial charge in [0.1, 0.15) is 11.0 Å². The molecule has 7 heteroatoms. The highest BCUT2D eigenvalue weighted by Crippen LogP contribution is 2.33. The lowest BCUT2D eigenvalue weighted by Crippen LogP contribution is -2.43. The molecule has 0 atom stereocenters. The van der Waals surface area contributed by atoms with E-state index in [1.165, 1.54) is 44.6 Å². The summed E-state index contributed by atoms with van der Waals surface area (Å²) in [4.78, 5) is 17.0. The average Bonchev–Trinajstić information content (AvgIpc) is 3.45. The minimum absolute atomic E-state index is 0.614. The van der Waals surface area contributed by atoms with Crippen molar-refractivity contribution in [3.63, 3.8) is 0 Å². The minimum atomic E-state index is 0.614. The first-order valence-corrected chi connectivity index (χ1v) is 11.8. The number of hydrogen-bond acceptors (Lipinski definition) is 6. The van der Waals surface area contributed by atoms with Crippen LogP contribution in [0, 0.1) is 0 Å². The highest BCUT2D eigenvalue weighted by atomic mass is 35.5. The van der Waals surface area contributed by atoms with Crippen LogP contribution in [0.5, 0.6) is 0 Å². The Balaban J connectivity index is 1.30. The molecular weight excluding hydrogens is 396 g/mol. The van der Waals surface area contributed by atoms with Gasteiger partial charge in [0.15, 0.2) is 5.82 Å². The lowest BCUT2D eigenvalue weighted by atomic mass is 10.1. The predicted octanol–water partition coefficient (Wildman–Crippen LogP) is 3.06. The molecule has 1 aromatic heterocycles. The number of piperazine rings is 1. The molecule has 0 spiro atoms. The summed E-state index contributed by atoms with van der Waals surface area (Å²) in [5.41, 5.74) is 3.40. The van der Waals surface area contributed by atoms with Gasteiger partial charge in [0.2, 0.25) is 0 Å². The Morgan fingerprint density at radius 1 is 0.900 bits per heavy atom. The maximum Gasteiger partial charge on any atom is 0.163 e. The summed E-state index contributed by atoms with van der Waals surface area (Å²) in [6.07, 6.45) is 4.83. The zero-order valence-electron chi connectivity index (χ0n) is 17.6. The van der Waals surface area contributed by atoms with Crippen LogP contribution in [0.15, 0.2) is 24.3 Å². The van der Waals surface area contributed by atoms with Gasteiger partial charge in [0, 0.05) is 56.1 Å². The second-order valence-electron chi connectivity index (χ2n) is 8.56. The maximum atomic E-state index is 6.58. The Kier molecular flexibility index (Phi) is 6.07. The molecule has 0 amide bonds. The number of likely N-dealkylation sites (tertiary alicyclic amines) is 1. The number of benzene rings is 1. The molecule has 1 aromatic carbocycles. The molecule has 3 aliphatic rings. The first-order valence-electron chi connectivity index (χ1n) is 11.4. The molecule has 160 valence electrons. The third-order valence-electron chi connectivity index (χ3n) is 6.57.